The van der Waals surface area contributed by atoms with Crippen LogP contribution in [0.5, 0.6) is 0 Å². The predicted molar refractivity (Wildman–Crippen MR) is 138 cm³/mol. The molecule has 5 rings (SSSR count). The van der Waals surface area contributed by atoms with Gasteiger partial charge in [-0.25, -0.2) is 4.68 Å². The molecule has 2 N–H and O–H groups in total. The van der Waals surface area contributed by atoms with Gasteiger partial charge in [-0.3, -0.25) is 9.48 Å². The van der Waals surface area contributed by atoms with E-state index in [-0.39, 0.29) is 11.9 Å². The number of benzene rings is 2. The smallest absolute Gasteiger partial charge is 0.274 e. The lowest BCUT2D eigenvalue weighted by Gasteiger charge is -2.19. The van der Waals surface area contributed by atoms with Gasteiger partial charge in [-0.15, -0.1) is 0 Å². The monoisotopic (exact) mass is 468 g/mol. The summed E-state index contributed by atoms with van der Waals surface area (Å²) in [5, 5.41) is 15.8. The van der Waals surface area contributed by atoms with Crippen molar-refractivity contribution in [2.75, 3.05) is 11.9 Å². The van der Waals surface area contributed by atoms with Crippen molar-refractivity contribution in [3.63, 3.8) is 0 Å². The molecular weight excluding hydrogens is 436 g/mol. The fraction of sp³-hybridized carbons (Fsp3) is 0.321. The lowest BCUT2D eigenvalue weighted by Crippen LogP contribution is -2.24. The Bertz CT molecular complexity index is 1330. The molecule has 2 aromatic heterocycles. The van der Waals surface area contributed by atoms with Crippen molar-refractivity contribution in [2.24, 2.45) is 13.0 Å². The Labute approximate surface area is 206 Å². The Morgan fingerprint density at radius 1 is 1.11 bits per heavy atom. The highest BCUT2D eigenvalue weighted by atomic mass is 16.2. The standard InChI is InChI=1S/C28H32N6O/c1-4-20-7-5-10-25(14-20)34-26(13-19(2)32-34)28(35)31-24-9-6-8-22(15-24)27(29-16-21-11-12-21)23-17-30-33(3)18-23/h5-10,13-15,17-18,21,27,29H,4,11-12,16H2,1-3H3,(H,31,35). The first kappa shape index (κ1) is 23.1. The van der Waals surface area contributed by atoms with Crippen LogP contribution >= 0.6 is 0 Å². The summed E-state index contributed by atoms with van der Waals surface area (Å²) in [6, 6.07) is 18.0. The number of anilines is 1. The number of rotatable bonds is 9. The zero-order chi connectivity index (χ0) is 24.4. The number of amides is 1. The number of aromatic nitrogens is 4. The molecule has 1 aliphatic carbocycles. The Morgan fingerprint density at radius 2 is 1.94 bits per heavy atom. The van der Waals surface area contributed by atoms with Crippen LogP contribution in [0.15, 0.2) is 67.0 Å². The molecule has 1 amide bonds. The maximum absolute atomic E-state index is 13.4. The summed E-state index contributed by atoms with van der Waals surface area (Å²) in [6.07, 6.45) is 7.45. The Kier molecular flexibility index (Phi) is 6.51. The molecule has 2 heterocycles. The molecule has 0 saturated heterocycles. The van der Waals surface area contributed by atoms with Gasteiger partial charge in [-0.1, -0.05) is 31.2 Å². The molecule has 0 radical (unpaired) electrons. The van der Waals surface area contributed by atoms with E-state index in [1.165, 1.54) is 18.4 Å². The third-order valence-electron chi connectivity index (χ3n) is 6.47. The highest BCUT2D eigenvalue weighted by molar-refractivity contribution is 6.03. The van der Waals surface area contributed by atoms with Crippen molar-refractivity contribution in [3.05, 3.63) is 95.1 Å². The van der Waals surface area contributed by atoms with Gasteiger partial charge in [0.25, 0.3) is 5.91 Å². The van der Waals surface area contributed by atoms with Crippen LogP contribution in [-0.2, 0) is 13.5 Å². The fourth-order valence-electron chi connectivity index (χ4n) is 4.38. The second-order valence-corrected chi connectivity index (χ2v) is 9.42. The minimum atomic E-state index is -0.187. The molecule has 1 saturated carbocycles. The normalized spacial score (nSPS) is 14.1. The van der Waals surface area contributed by atoms with Crippen molar-refractivity contribution < 1.29 is 4.79 Å². The zero-order valence-electron chi connectivity index (χ0n) is 20.5. The van der Waals surface area contributed by atoms with Gasteiger partial charge >= 0.3 is 0 Å². The minimum absolute atomic E-state index is 0.0192. The first-order valence-corrected chi connectivity index (χ1v) is 12.3. The van der Waals surface area contributed by atoms with Gasteiger partial charge in [-0.05, 0) is 80.1 Å². The topological polar surface area (TPSA) is 76.8 Å². The fourth-order valence-corrected chi connectivity index (χ4v) is 4.38. The van der Waals surface area contributed by atoms with E-state index < -0.39 is 0 Å². The average Bonchev–Trinajstić information content (AvgIpc) is 3.46. The van der Waals surface area contributed by atoms with Crippen molar-refractivity contribution in [3.8, 4) is 5.69 Å². The van der Waals surface area contributed by atoms with Crippen LogP contribution in [0.2, 0.25) is 0 Å². The van der Waals surface area contributed by atoms with Crippen molar-refractivity contribution in [2.45, 2.75) is 39.2 Å². The van der Waals surface area contributed by atoms with Gasteiger partial charge in [0, 0.05) is 24.5 Å². The van der Waals surface area contributed by atoms with Crippen molar-refractivity contribution in [1.82, 2.24) is 24.9 Å². The number of aryl methyl sites for hydroxylation is 3. The molecule has 7 heteroatoms. The summed E-state index contributed by atoms with van der Waals surface area (Å²) in [4.78, 5) is 13.4. The van der Waals surface area contributed by atoms with Gasteiger partial charge < -0.3 is 10.6 Å². The maximum Gasteiger partial charge on any atom is 0.274 e. The molecule has 0 aliphatic heterocycles. The molecule has 35 heavy (non-hydrogen) atoms. The van der Waals surface area contributed by atoms with Crippen LogP contribution in [-0.4, -0.2) is 32.0 Å². The first-order chi connectivity index (χ1) is 17.0. The van der Waals surface area contributed by atoms with Crippen LogP contribution in [0, 0.1) is 12.8 Å². The number of hydrogen-bond donors (Lipinski definition) is 2. The summed E-state index contributed by atoms with van der Waals surface area (Å²) >= 11 is 0. The molecular formula is C28H32N6O. The molecule has 1 unspecified atom stereocenters. The van der Waals surface area contributed by atoms with Crippen LogP contribution in [0.4, 0.5) is 5.69 Å². The van der Waals surface area contributed by atoms with Crippen molar-refractivity contribution >= 4 is 11.6 Å². The number of carbonyl (C=O) groups is 1. The quantitative estimate of drug-likeness (QED) is 0.369. The maximum atomic E-state index is 13.4. The second-order valence-electron chi connectivity index (χ2n) is 9.42. The van der Waals surface area contributed by atoms with Crippen LogP contribution in [0.25, 0.3) is 5.69 Å². The van der Waals surface area contributed by atoms with Gasteiger partial charge in [-0.2, -0.15) is 10.2 Å². The molecule has 0 bridgehead atoms. The largest absolute Gasteiger partial charge is 0.321 e. The SMILES string of the molecule is CCc1cccc(-n2nc(C)cc2C(=O)Nc2cccc(C(NCC3CC3)c3cnn(C)c3)c2)c1. The van der Waals surface area contributed by atoms with E-state index in [0.29, 0.717) is 5.69 Å². The highest BCUT2D eigenvalue weighted by Gasteiger charge is 2.24. The summed E-state index contributed by atoms with van der Waals surface area (Å²) < 4.78 is 3.55. The molecule has 1 aliphatic rings. The Hall–Kier alpha value is -3.71. The number of carbonyl (C=O) groups excluding carboxylic acids is 1. The van der Waals surface area contributed by atoms with Crippen LogP contribution in [0.3, 0.4) is 0 Å². The first-order valence-electron chi connectivity index (χ1n) is 12.3. The van der Waals surface area contributed by atoms with E-state index in [1.54, 1.807) is 4.68 Å². The summed E-state index contributed by atoms with van der Waals surface area (Å²) in [7, 11) is 1.93. The molecule has 180 valence electrons. The number of nitrogens with zero attached hydrogens (tertiary/aromatic N) is 4. The highest BCUT2D eigenvalue weighted by Crippen LogP contribution is 2.30. The molecule has 0 spiro atoms. The molecule has 1 fully saturated rings. The molecule has 4 aromatic rings. The third kappa shape index (κ3) is 5.35. The van der Waals surface area contributed by atoms with E-state index in [9.17, 15) is 4.79 Å². The van der Waals surface area contributed by atoms with E-state index in [2.05, 4.69) is 46.0 Å². The predicted octanol–water partition coefficient (Wildman–Crippen LogP) is 4.82. The van der Waals surface area contributed by atoms with E-state index in [1.807, 2.05) is 67.4 Å². The summed E-state index contributed by atoms with van der Waals surface area (Å²) in [6.45, 7) is 5.00. The molecule has 2 aromatic carbocycles. The Balaban J connectivity index is 1.40. The molecule has 7 nitrogen and oxygen atoms in total. The summed E-state index contributed by atoms with van der Waals surface area (Å²) in [5.74, 6) is 0.570. The average molecular weight is 469 g/mol. The van der Waals surface area contributed by atoms with Crippen LogP contribution in [0.1, 0.15) is 58.7 Å². The van der Waals surface area contributed by atoms with E-state index in [0.717, 1.165) is 47.1 Å². The second kappa shape index (κ2) is 9.88. The van der Waals surface area contributed by atoms with Gasteiger partial charge in [0.1, 0.15) is 5.69 Å². The van der Waals surface area contributed by atoms with Gasteiger partial charge in [0.05, 0.1) is 23.6 Å². The van der Waals surface area contributed by atoms with Crippen LogP contribution < -0.4 is 10.6 Å². The number of hydrogen-bond acceptors (Lipinski definition) is 4. The van der Waals surface area contributed by atoms with E-state index in [4.69, 9.17) is 0 Å². The van der Waals surface area contributed by atoms with Gasteiger partial charge in [0.15, 0.2) is 0 Å². The Morgan fingerprint density at radius 3 is 2.69 bits per heavy atom. The van der Waals surface area contributed by atoms with Gasteiger partial charge in [0.2, 0.25) is 0 Å². The third-order valence-corrected chi connectivity index (χ3v) is 6.47. The lowest BCUT2D eigenvalue weighted by molar-refractivity contribution is 0.101. The van der Waals surface area contributed by atoms with Crippen molar-refractivity contribution in [1.29, 1.82) is 0 Å². The minimum Gasteiger partial charge on any atom is -0.321 e. The number of nitrogens with one attached hydrogen (secondary N) is 2. The zero-order valence-corrected chi connectivity index (χ0v) is 20.5. The lowest BCUT2D eigenvalue weighted by atomic mass is 10.0. The summed E-state index contributed by atoms with van der Waals surface area (Å²) in [5.41, 5.74) is 6.36. The molecule has 1 atom stereocenters. The van der Waals surface area contributed by atoms with E-state index >= 15 is 0 Å².